The van der Waals surface area contributed by atoms with Gasteiger partial charge in [0.1, 0.15) is 24.8 Å². The fourth-order valence-corrected chi connectivity index (χ4v) is 2.50. The van der Waals surface area contributed by atoms with Gasteiger partial charge in [-0.05, 0) is 43.3 Å². The summed E-state index contributed by atoms with van der Waals surface area (Å²) in [5.41, 5.74) is 0.518. The molecule has 1 unspecified atom stereocenters. The number of pyridine rings is 1. The molecule has 3 aromatic rings. The van der Waals surface area contributed by atoms with Gasteiger partial charge >= 0.3 is 5.97 Å². The van der Waals surface area contributed by atoms with Crippen LogP contribution in [-0.4, -0.2) is 44.9 Å². The van der Waals surface area contributed by atoms with Gasteiger partial charge in [0.15, 0.2) is 5.65 Å². The highest BCUT2D eigenvalue weighted by Crippen LogP contribution is 2.13. The predicted octanol–water partition coefficient (Wildman–Crippen LogP) is 1.41. The summed E-state index contributed by atoms with van der Waals surface area (Å²) in [6.45, 7) is 2.07. The van der Waals surface area contributed by atoms with Gasteiger partial charge < -0.3 is 14.6 Å². The maximum Gasteiger partial charge on any atom is 0.338 e. The number of rotatable bonds is 7. The second-order valence-electron chi connectivity index (χ2n) is 5.79. The Hall–Kier alpha value is -3.26. The highest BCUT2D eigenvalue weighted by Gasteiger charge is 2.11. The second-order valence-corrected chi connectivity index (χ2v) is 5.79. The monoisotopic (exact) mass is 369 g/mol. The van der Waals surface area contributed by atoms with Gasteiger partial charge in [-0.25, -0.2) is 14.8 Å². The number of hydrogen-bond acceptors (Lipinski definition) is 7. The number of nitrogens with zero attached hydrogens (tertiary/aromatic N) is 3. The molecule has 140 valence electrons. The van der Waals surface area contributed by atoms with Crippen molar-refractivity contribution in [2.75, 3.05) is 13.2 Å². The second kappa shape index (κ2) is 8.41. The number of hydrogen-bond donors (Lipinski definition) is 1. The molecule has 2 aromatic heterocycles. The Morgan fingerprint density at radius 2 is 2.00 bits per heavy atom. The Kier molecular flexibility index (Phi) is 5.77. The average molecular weight is 369 g/mol. The van der Waals surface area contributed by atoms with Crippen LogP contribution in [0.15, 0.2) is 53.7 Å². The van der Waals surface area contributed by atoms with Gasteiger partial charge in [0, 0.05) is 6.20 Å². The van der Waals surface area contributed by atoms with Crippen molar-refractivity contribution in [3.63, 3.8) is 0 Å². The molecule has 0 fully saturated rings. The molecule has 27 heavy (non-hydrogen) atoms. The number of benzene rings is 1. The number of ether oxygens (including phenoxy) is 2. The first-order valence-electron chi connectivity index (χ1n) is 8.46. The Morgan fingerprint density at radius 1 is 1.22 bits per heavy atom. The normalized spacial score (nSPS) is 11.9. The zero-order chi connectivity index (χ0) is 19.2. The summed E-state index contributed by atoms with van der Waals surface area (Å²) in [5.74, 6) is 0.0945. The number of aliphatic hydroxyl groups excluding tert-OH is 1. The molecule has 0 aliphatic heterocycles. The van der Waals surface area contributed by atoms with Gasteiger partial charge in [-0.15, -0.1) is 0 Å². The molecule has 1 N–H and O–H groups in total. The summed E-state index contributed by atoms with van der Waals surface area (Å²) >= 11 is 0. The molecule has 0 radical (unpaired) electrons. The topological polar surface area (TPSA) is 104 Å². The van der Waals surface area contributed by atoms with Crippen LogP contribution in [0.25, 0.3) is 11.0 Å². The third-order valence-corrected chi connectivity index (χ3v) is 3.81. The molecule has 1 atom stereocenters. The molecule has 8 nitrogen and oxygen atoms in total. The van der Waals surface area contributed by atoms with E-state index >= 15 is 0 Å². The van der Waals surface area contributed by atoms with Crippen LogP contribution in [0.3, 0.4) is 0 Å². The van der Waals surface area contributed by atoms with Crippen LogP contribution in [0.4, 0.5) is 0 Å². The number of aromatic nitrogens is 3. The number of esters is 1. The van der Waals surface area contributed by atoms with Gasteiger partial charge in [-0.3, -0.25) is 9.36 Å². The smallest absolute Gasteiger partial charge is 0.338 e. The van der Waals surface area contributed by atoms with Crippen molar-refractivity contribution < 1.29 is 19.4 Å². The van der Waals surface area contributed by atoms with E-state index in [1.54, 1.807) is 49.5 Å². The number of carbonyl (C=O) groups excluding carboxylic acids is 1. The quantitative estimate of drug-likeness (QED) is 0.628. The van der Waals surface area contributed by atoms with E-state index in [9.17, 15) is 14.7 Å². The highest BCUT2D eigenvalue weighted by atomic mass is 16.5. The molecular formula is C19H19N3O5. The largest absolute Gasteiger partial charge is 0.491 e. The Morgan fingerprint density at radius 3 is 2.74 bits per heavy atom. The molecule has 3 rings (SSSR count). The molecule has 0 saturated carbocycles. The fourth-order valence-electron chi connectivity index (χ4n) is 2.50. The lowest BCUT2D eigenvalue weighted by Gasteiger charge is -2.14. The zero-order valence-corrected chi connectivity index (χ0v) is 14.7. The first-order chi connectivity index (χ1) is 13.1. The molecule has 0 aliphatic rings. The molecule has 1 aromatic carbocycles. The zero-order valence-electron chi connectivity index (χ0n) is 14.7. The Balaban J connectivity index is 1.60. The van der Waals surface area contributed by atoms with Gasteiger partial charge in [0.25, 0.3) is 5.56 Å². The summed E-state index contributed by atoms with van der Waals surface area (Å²) in [6.07, 6.45) is 2.01. The van der Waals surface area contributed by atoms with Gasteiger partial charge in [0.05, 0.1) is 24.1 Å². The van der Waals surface area contributed by atoms with Crippen LogP contribution < -0.4 is 10.3 Å². The van der Waals surface area contributed by atoms with Gasteiger partial charge in [-0.1, -0.05) is 0 Å². The van der Waals surface area contributed by atoms with Crippen LogP contribution in [-0.2, 0) is 11.3 Å². The highest BCUT2D eigenvalue weighted by molar-refractivity contribution is 5.89. The molecular weight excluding hydrogens is 350 g/mol. The summed E-state index contributed by atoms with van der Waals surface area (Å²) in [4.78, 5) is 32.1. The lowest BCUT2D eigenvalue weighted by molar-refractivity contribution is 0.0526. The maximum absolute atomic E-state index is 12.4. The van der Waals surface area contributed by atoms with E-state index in [0.717, 1.165) is 0 Å². The maximum atomic E-state index is 12.4. The van der Waals surface area contributed by atoms with Crippen LogP contribution in [0.2, 0.25) is 0 Å². The van der Waals surface area contributed by atoms with Crippen molar-refractivity contribution in [3.05, 3.63) is 64.8 Å². The van der Waals surface area contributed by atoms with Crippen LogP contribution in [0.5, 0.6) is 5.75 Å². The number of carbonyl (C=O) groups is 1. The lowest BCUT2D eigenvalue weighted by atomic mass is 10.2. The Labute approximate surface area is 155 Å². The van der Waals surface area contributed by atoms with Crippen molar-refractivity contribution in [2.24, 2.45) is 0 Å². The average Bonchev–Trinajstić information content (AvgIpc) is 2.69. The molecule has 2 heterocycles. The van der Waals surface area contributed by atoms with Crippen molar-refractivity contribution >= 4 is 17.0 Å². The minimum absolute atomic E-state index is 0.0176. The summed E-state index contributed by atoms with van der Waals surface area (Å²) < 4.78 is 11.7. The molecule has 0 bridgehead atoms. The van der Waals surface area contributed by atoms with Crippen molar-refractivity contribution in [3.8, 4) is 5.75 Å². The number of fused-ring (bicyclic) bond motifs is 1. The van der Waals surface area contributed by atoms with Crippen molar-refractivity contribution in [2.45, 2.75) is 19.6 Å². The first-order valence-corrected chi connectivity index (χ1v) is 8.46. The van der Waals surface area contributed by atoms with E-state index < -0.39 is 12.1 Å². The van der Waals surface area contributed by atoms with E-state index in [-0.39, 0.29) is 18.7 Å². The van der Waals surface area contributed by atoms with Crippen molar-refractivity contribution in [1.82, 2.24) is 14.5 Å². The number of aliphatic hydroxyl groups is 1. The third kappa shape index (κ3) is 4.48. The van der Waals surface area contributed by atoms with E-state index in [2.05, 4.69) is 9.97 Å². The lowest BCUT2D eigenvalue weighted by Crippen LogP contribution is -2.30. The predicted molar refractivity (Wildman–Crippen MR) is 97.7 cm³/mol. The third-order valence-electron chi connectivity index (χ3n) is 3.81. The first kappa shape index (κ1) is 18.5. The summed E-state index contributed by atoms with van der Waals surface area (Å²) in [7, 11) is 0. The van der Waals surface area contributed by atoms with Crippen LogP contribution in [0.1, 0.15) is 17.3 Å². The molecule has 0 spiro atoms. The van der Waals surface area contributed by atoms with E-state index in [0.29, 0.717) is 29.0 Å². The fraction of sp³-hybridized carbons (Fsp3) is 0.263. The Bertz CT molecular complexity index is 985. The molecule has 0 saturated heterocycles. The molecule has 0 aliphatic carbocycles. The van der Waals surface area contributed by atoms with Crippen molar-refractivity contribution in [1.29, 1.82) is 0 Å². The van der Waals surface area contributed by atoms with Crippen LogP contribution in [0, 0.1) is 0 Å². The standard InChI is InChI=1S/C19H19N3O5/c1-2-26-19(25)13-5-7-15(8-6-13)27-11-14(23)10-22-12-21-17-16(18(22)24)4-3-9-20-17/h3-9,12,14,23H,2,10-11H2,1H3. The molecule has 8 heteroatoms. The van der Waals surface area contributed by atoms with E-state index in [1.807, 2.05) is 0 Å². The summed E-state index contributed by atoms with van der Waals surface area (Å²) in [5, 5.41) is 10.6. The van der Waals surface area contributed by atoms with Crippen LogP contribution >= 0.6 is 0 Å². The minimum atomic E-state index is -0.914. The SMILES string of the molecule is CCOC(=O)c1ccc(OCC(O)Cn2cnc3ncccc3c2=O)cc1. The van der Waals surface area contributed by atoms with E-state index in [4.69, 9.17) is 9.47 Å². The summed E-state index contributed by atoms with van der Waals surface area (Å²) in [6, 6.07) is 9.72. The molecule has 0 amide bonds. The van der Waals surface area contributed by atoms with Gasteiger partial charge in [0.2, 0.25) is 0 Å². The van der Waals surface area contributed by atoms with E-state index in [1.165, 1.54) is 10.9 Å². The van der Waals surface area contributed by atoms with Gasteiger partial charge in [-0.2, -0.15) is 0 Å². The minimum Gasteiger partial charge on any atom is -0.491 e.